The number of aryl methyl sites for hydroxylation is 2. The second-order valence-corrected chi connectivity index (χ2v) is 10.6. The van der Waals surface area contributed by atoms with E-state index in [9.17, 15) is 14.9 Å². The first-order valence-corrected chi connectivity index (χ1v) is 13.9. The molecule has 2 atom stereocenters. The van der Waals surface area contributed by atoms with Crippen LogP contribution in [0.15, 0.2) is 72.9 Å². The van der Waals surface area contributed by atoms with Gasteiger partial charge in [-0.25, -0.2) is 0 Å². The summed E-state index contributed by atoms with van der Waals surface area (Å²) in [5.41, 5.74) is 5.61. The summed E-state index contributed by atoms with van der Waals surface area (Å²) in [5, 5.41) is 18.9. The van der Waals surface area contributed by atoms with Crippen LogP contribution in [0.4, 0.5) is 11.4 Å². The molecule has 0 radical (unpaired) electrons. The van der Waals surface area contributed by atoms with Crippen LogP contribution in [0, 0.1) is 30.9 Å². The molecule has 42 heavy (non-hydrogen) atoms. The van der Waals surface area contributed by atoms with E-state index in [0.29, 0.717) is 23.1 Å². The number of hydrogen-bond acceptors (Lipinski definition) is 6. The molecule has 3 heterocycles. The summed E-state index contributed by atoms with van der Waals surface area (Å²) >= 11 is 5.79. The maximum atomic E-state index is 12.9. The molecule has 0 spiro atoms. The van der Waals surface area contributed by atoms with Gasteiger partial charge in [-0.05, 0) is 81.0 Å². The van der Waals surface area contributed by atoms with E-state index in [1.165, 1.54) is 13.2 Å². The van der Waals surface area contributed by atoms with Gasteiger partial charge in [0.05, 0.1) is 35.9 Å². The van der Waals surface area contributed by atoms with E-state index in [0.717, 1.165) is 33.9 Å². The van der Waals surface area contributed by atoms with Crippen LogP contribution in [0.25, 0.3) is 5.69 Å². The topological polar surface area (TPSA) is 115 Å². The number of methoxy groups -OCH3 is 1. The molecule has 1 aliphatic rings. The Morgan fingerprint density at radius 2 is 1.88 bits per heavy atom. The molecule has 0 aliphatic carbocycles. The monoisotopic (exact) mass is 584 g/mol. The van der Waals surface area contributed by atoms with E-state index >= 15 is 0 Å². The third kappa shape index (κ3) is 5.68. The van der Waals surface area contributed by atoms with Gasteiger partial charge in [0, 0.05) is 36.2 Å². The number of pyridine rings is 1. The summed E-state index contributed by atoms with van der Waals surface area (Å²) in [4.78, 5) is 31.2. The first-order valence-electron chi connectivity index (χ1n) is 13.5. The highest BCUT2D eigenvalue weighted by Gasteiger charge is 2.41. The van der Waals surface area contributed by atoms with E-state index in [1.54, 1.807) is 18.3 Å². The van der Waals surface area contributed by atoms with Crippen molar-refractivity contribution in [2.45, 2.75) is 39.3 Å². The Bertz CT molecular complexity index is 1640. The molecule has 2 aromatic heterocycles. The van der Waals surface area contributed by atoms with Gasteiger partial charge in [-0.3, -0.25) is 19.9 Å². The molecule has 0 saturated carbocycles. The van der Waals surface area contributed by atoms with Crippen molar-refractivity contribution in [3.05, 3.63) is 111 Å². The van der Waals surface area contributed by atoms with E-state index in [4.69, 9.17) is 17.0 Å². The predicted molar refractivity (Wildman–Crippen MR) is 165 cm³/mol. The number of nitrogens with zero attached hydrogens (tertiary/aromatic N) is 4. The first-order chi connectivity index (χ1) is 20.2. The van der Waals surface area contributed by atoms with Crippen LogP contribution in [-0.2, 0) is 4.79 Å². The fraction of sp³-hybridized carbons (Fsp3) is 0.258. The lowest BCUT2D eigenvalue weighted by Crippen LogP contribution is -2.32. The Morgan fingerprint density at radius 3 is 2.55 bits per heavy atom. The molecule has 11 heteroatoms. The van der Waals surface area contributed by atoms with Gasteiger partial charge in [0.2, 0.25) is 5.91 Å². The van der Waals surface area contributed by atoms with E-state index in [2.05, 4.69) is 15.6 Å². The Kier molecular flexibility index (Phi) is 8.21. The SMILES string of the molecule is COc1ccc(-n2c(C)cc([C@@H]3[C@H](c4ccccn4)NC(=S)N3CCC(=O)Nc3ccc(C)cc3)c2C)c([N+](=O)[O-])c1. The molecule has 0 bridgehead atoms. The number of hydrogen-bond donors (Lipinski definition) is 2. The lowest BCUT2D eigenvalue weighted by atomic mass is 9.96. The molecule has 2 aromatic carbocycles. The number of rotatable bonds is 9. The Labute approximate surface area is 249 Å². The summed E-state index contributed by atoms with van der Waals surface area (Å²) in [5.74, 6) is 0.282. The third-order valence-corrected chi connectivity index (χ3v) is 7.87. The lowest BCUT2D eigenvalue weighted by Gasteiger charge is -2.28. The van der Waals surface area contributed by atoms with Crippen LogP contribution in [0.2, 0.25) is 0 Å². The lowest BCUT2D eigenvalue weighted by molar-refractivity contribution is -0.384. The van der Waals surface area contributed by atoms with Gasteiger partial charge < -0.3 is 24.8 Å². The summed E-state index contributed by atoms with van der Waals surface area (Å²) in [6.45, 7) is 6.22. The minimum Gasteiger partial charge on any atom is -0.496 e. The summed E-state index contributed by atoms with van der Waals surface area (Å²) in [7, 11) is 1.48. The minimum absolute atomic E-state index is 0.0614. The number of anilines is 1. The zero-order chi connectivity index (χ0) is 30.0. The van der Waals surface area contributed by atoms with Crippen molar-refractivity contribution in [2.75, 3.05) is 19.0 Å². The average Bonchev–Trinajstić information content (AvgIpc) is 3.47. The molecule has 5 rings (SSSR count). The molecule has 1 saturated heterocycles. The van der Waals surface area contributed by atoms with E-state index < -0.39 is 4.92 Å². The number of benzene rings is 2. The largest absolute Gasteiger partial charge is 0.496 e. The second-order valence-electron chi connectivity index (χ2n) is 10.3. The van der Waals surface area contributed by atoms with Crippen LogP contribution < -0.4 is 15.4 Å². The minimum atomic E-state index is -0.404. The van der Waals surface area contributed by atoms with Crippen LogP contribution in [0.5, 0.6) is 5.75 Å². The Balaban J connectivity index is 1.51. The molecular weight excluding hydrogens is 552 g/mol. The number of nitro benzene ring substituents is 1. The average molecular weight is 585 g/mol. The van der Waals surface area contributed by atoms with Crippen molar-refractivity contribution < 1.29 is 14.5 Å². The van der Waals surface area contributed by atoms with Crippen LogP contribution in [-0.4, -0.2) is 44.0 Å². The summed E-state index contributed by atoms with van der Waals surface area (Å²) in [6.07, 6.45) is 1.95. The standard InChI is InChI=1S/C31H32N6O4S/c1-19-8-10-22(11-9-19)33-28(38)14-16-35-30(29(34-31(35)42)25-7-5-6-15-32-25)24-17-20(2)36(21(24)3)26-13-12-23(41-4)18-27(26)37(39)40/h5-13,15,17-18,29-30H,14,16H2,1-4H3,(H,33,38)(H,34,42)/t29-,30+/m0/s1. The van der Waals surface area contributed by atoms with Crippen molar-refractivity contribution >= 4 is 34.6 Å². The van der Waals surface area contributed by atoms with E-state index in [-0.39, 0.29) is 30.1 Å². The quantitative estimate of drug-likeness (QED) is 0.146. The van der Waals surface area contributed by atoms with Crippen molar-refractivity contribution in [1.29, 1.82) is 0 Å². The van der Waals surface area contributed by atoms with Crippen molar-refractivity contribution in [1.82, 2.24) is 19.8 Å². The zero-order valence-electron chi connectivity index (χ0n) is 23.8. The summed E-state index contributed by atoms with van der Waals surface area (Å²) < 4.78 is 7.12. The van der Waals surface area contributed by atoms with Crippen molar-refractivity contribution in [3.63, 3.8) is 0 Å². The van der Waals surface area contributed by atoms with Gasteiger partial charge in [-0.15, -0.1) is 0 Å². The highest BCUT2D eigenvalue weighted by Crippen LogP contribution is 2.42. The molecule has 1 aliphatic heterocycles. The van der Waals surface area contributed by atoms with Gasteiger partial charge in [0.25, 0.3) is 5.69 Å². The highest BCUT2D eigenvalue weighted by molar-refractivity contribution is 7.80. The summed E-state index contributed by atoms with van der Waals surface area (Å²) in [6, 6.07) is 19.6. The fourth-order valence-electron chi connectivity index (χ4n) is 5.49. The molecular formula is C31H32N6O4S. The molecule has 0 unspecified atom stereocenters. The van der Waals surface area contributed by atoms with Crippen molar-refractivity contribution in [3.8, 4) is 11.4 Å². The van der Waals surface area contributed by atoms with Crippen LogP contribution in [0.1, 0.15) is 46.7 Å². The number of nitro groups is 1. The molecule has 10 nitrogen and oxygen atoms in total. The number of ether oxygens (including phenoxy) is 1. The maximum Gasteiger partial charge on any atom is 0.296 e. The zero-order valence-corrected chi connectivity index (χ0v) is 24.6. The highest BCUT2D eigenvalue weighted by atomic mass is 32.1. The second kappa shape index (κ2) is 12.0. The smallest absolute Gasteiger partial charge is 0.296 e. The maximum absolute atomic E-state index is 12.9. The molecule has 1 amide bonds. The molecule has 2 N–H and O–H groups in total. The van der Waals surface area contributed by atoms with Crippen LogP contribution >= 0.6 is 12.2 Å². The van der Waals surface area contributed by atoms with E-state index in [1.807, 2.05) is 78.8 Å². The van der Waals surface area contributed by atoms with Gasteiger partial charge in [-0.2, -0.15) is 0 Å². The van der Waals surface area contributed by atoms with Gasteiger partial charge in [0.1, 0.15) is 11.4 Å². The predicted octanol–water partition coefficient (Wildman–Crippen LogP) is 5.72. The number of thiocarbonyl (C=S) groups is 1. The van der Waals surface area contributed by atoms with Crippen LogP contribution in [0.3, 0.4) is 0 Å². The molecule has 4 aromatic rings. The van der Waals surface area contributed by atoms with Crippen molar-refractivity contribution in [2.24, 2.45) is 0 Å². The van der Waals surface area contributed by atoms with Gasteiger partial charge >= 0.3 is 0 Å². The van der Waals surface area contributed by atoms with Gasteiger partial charge in [-0.1, -0.05) is 23.8 Å². The first kappa shape index (κ1) is 28.7. The fourth-order valence-corrected chi connectivity index (χ4v) is 5.82. The number of carbonyl (C=O) groups excluding carboxylic acids is 1. The Morgan fingerprint density at radius 1 is 1.12 bits per heavy atom. The third-order valence-electron chi connectivity index (χ3n) is 7.52. The Hall–Kier alpha value is -4.77. The molecule has 1 fully saturated rings. The van der Waals surface area contributed by atoms with Gasteiger partial charge in [0.15, 0.2) is 5.11 Å². The normalized spacial score (nSPS) is 16.3. The molecule has 216 valence electrons. The number of carbonyl (C=O) groups is 1. The number of amides is 1. The number of nitrogens with one attached hydrogen (secondary N) is 2. The number of aromatic nitrogens is 2.